The number of aromatic nitrogens is 2. The largest absolute Gasteiger partial charge is 0.307 e. The van der Waals surface area contributed by atoms with E-state index in [1.807, 2.05) is 10.6 Å². The van der Waals surface area contributed by atoms with Crippen molar-refractivity contribution in [3.8, 4) is 0 Å². The van der Waals surface area contributed by atoms with Crippen molar-refractivity contribution in [2.45, 2.75) is 25.8 Å². The van der Waals surface area contributed by atoms with E-state index in [1.165, 1.54) is 22.6 Å². The Kier molecular flexibility index (Phi) is 2.89. The van der Waals surface area contributed by atoms with Crippen molar-refractivity contribution < 1.29 is 0 Å². The molecule has 18 heavy (non-hydrogen) atoms. The van der Waals surface area contributed by atoms with Gasteiger partial charge in [-0.2, -0.15) is 0 Å². The molecule has 94 valence electrons. The molecule has 3 N–H and O–H groups in total. The Bertz CT molecular complexity index is 631. The number of hydrogen-bond donors (Lipinski definition) is 2. The molecule has 0 atom stereocenters. The minimum Gasteiger partial charge on any atom is -0.307 e. The summed E-state index contributed by atoms with van der Waals surface area (Å²) in [5.74, 6) is 5.31. The van der Waals surface area contributed by atoms with Gasteiger partial charge in [-0.3, -0.25) is 10.2 Å². The zero-order valence-corrected chi connectivity index (χ0v) is 10.7. The monoisotopic (exact) mass is 262 g/mol. The van der Waals surface area contributed by atoms with E-state index in [1.54, 1.807) is 12.3 Å². The fourth-order valence-corrected chi connectivity index (χ4v) is 3.12. The minimum absolute atomic E-state index is 0.0614. The number of hydrogen-bond acceptors (Lipinski definition) is 5. The molecule has 3 rings (SSSR count). The summed E-state index contributed by atoms with van der Waals surface area (Å²) in [6, 6.07) is 3.62. The van der Waals surface area contributed by atoms with E-state index in [4.69, 9.17) is 5.84 Å². The van der Waals surface area contributed by atoms with Crippen molar-refractivity contribution in [2.75, 3.05) is 5.43 Å². The van der Waals surface area contributed by atoms with E-state index < -0.39 is 0 Å². The van der Waals surface area contributed by atoms with Crippen LogP contribution in [0.15, 0.2) is 23.1 Å². The molecule has 0 unspecified atom stereocenters. The number of nitrogens with one attached hydrogen (secondary N) is 1. The van der Waals surface area contributed by atoms with E-state index in [0.29, 0.717) is 11.7 Å². The van der Waals surface area contributed by atoms with Gasteiger partial charge in [-0.05, 0) is 24.8 Å². The summed E-state index contributed by atoms with van der Waals surface area (Å²) in [6.07, 6.45) is 4.97. The van der Waals surface area contributed by atoms with Gasteiger partial charge < -0.3 is 4.57 Å². The van der Waals surface area contributed by atoms with Crippen molar-refractivity contribution in [3.05, 3.63) is 44.8 Å². The van der Waals surface area contributed by atoms with Crippen molar-refractivity contribution in [1.29, 1.82) is 0 Å². The number of aryl methyl sites for hydroxylation is 1. The lowest BCUT2D eigenvalue weighted by Gasteiger charge is -2.10. The zero-order chi connectivity index (χ0) is 12.5. The van der Waals surface area contributed by atoms with Crippen molar-refractivity contribution >= 4 is 16.5 Å². The summed E-state index contributed by atoms with van der Waals surface area (Å²) in [6.45, 7) is 0.585. The second kappa shape index (κ2) is 4.55. The van der Waals surface area contributed by atoms with Crippen molar-refractivity contribution in [2.24, 2.45) is 5.84 Å². The van der Waals surface area contributed by atoms with Gasteiger partial charge in [0.15, 0.2) is 5.13 Å². The summed E-state index contributed by atoms with van der Waals surface area (Å²) in [7, 11) is 0. The summed E-state index contributed by atoms with van der Waals surface area (Å²) in [5.41, 5.74) is 5.06. The standard InChI is InChI=1S/C12H14N4OS/c13-15-12-14-6-9(18-12)7-16-10-3-1-2-8(10)4-5-11(16)17/h4-6H,1-3,7,13H2,(H,14,15). The second-order valence-corrected chi connectivity index (χ2v) is 5.47. The lowest BCUT2D eigenvalue weighted by atomic mass is 10.2. The highest BCUT2D eigenvalue weighted by Gasteiger charge is 2.16. The van der Waals surface area contributed by atoms with Crippen LogP contribution in [0.5, 0.6) is 0 Å². The topological polar surface area (TPSA) is 72.9 Å². The molecule has 0 radical (unpaired) electrons. The molecule has 0 saturated heterocycles. The maximum atomic E-state index is 12.0. The molecule has 1 aliphatic rings. The van der Waals surface area contributed by atoms with E-state index in [-0.39, 0.29) is 5.56 Å². The molecule has 0 aliphatic heterocycles. The zero-order valence-electron chi connectivity index (χ0n) is 9.85. The average Bonchev–Trinajstić information content (AvgIpc) is 3.01. The molecule has 0 bridgehead atoms. The van der Waals surface area contributed by atoms with Crippen LogP contribution >= 0.6 is 11.3 Å². The molecule has 2 heterocycles. The Hall–Kier alpha value is -1.66. The van der Waals surface area contributed by atoms with Crippen LogP contribution in [0.4, 0.5) is 5.13 Å². The molecule has 2 aromatic heterocycles. The van der Waals surface area contributed by atoms with Crippen LogP contribution in [0.1, 0.15) is 22.6 Å². The smallest absolute Gasteiger partial charge is 0.251 e. The fraction of sp³-hybridized carbons (Fsp3) is 0.333. The minimum atomic E-state index is 0.0614. The van der Waals surface area contributed by atoms with Crippen LogP contribution in [0.3, 0.4) is 0 Å². The first-order valence-electron chi connectivity index (χ1n) is 5.91. The number of thiazole rings is 1. The summed E-state index contributed by atoms with van der Waals surface area (Å²) < 4.78 is 1.86. The Morgan fingerprint density at radius 1 is 1.44 bits per heavy atom. The first-order valence-corrected chi connectivity index (χ1v) is 6.72. The molecular formula is C12H14N4OS. The summed E-state index contributed by atoms with van der Waals surface area (Å²) in [4.78, 5) is 17.1. The number of hydrazine groups is 1. The summed E-state index contributed by atoms with van der Waals surface area (Å²) >= 11 is 1.47. The number of pyridine rings is 1. The quantitative estimate of drug-likeness (QED) is 0.642. The molecule has 5 nitrogen and oxygen atoms in total. The molecule has 0 saturated carbocycles. The van der Waals surface area contributed by atoms with Crippen molar-refractivity contribution in [1.82, 2.24) is 9.55 Å². The molecule has 2 aromatic rings. The van der Waals surface area contributed by atoms with Crippen LogP contribution in [-0.2, 0) is 19.4 Å². The number of fused-ring (bicyclic) bond motifs is 1. The molecule has 0 fully saturated rings. The predicted octanol–water partition coefficient (Wildman–Crippen LogP) is 1.13. The molecule has 6 heteroatoms. The second-order valence-electron chi connectivity index (χ2n) is 4.36. The van der Waals surface area contributed by atoms with E-state index in [0.717, 1.165) is 24.1 Å². The third kappa shape index (κ3) is 1.93. The van der Waals surface area contributed by atoms with Gasteiger partial charge in [0.2, 0.25) is 0 Å². The van der Waals surface area contributed by atoms with E-state index in [2.05, 4.69) is 10.4 Å². The van der Waals surface area contributed by atoms with Crippen LogP contribution < -0.4 is 16.8 Å². The predicted molar refractivity (Wildman–Crippen MR) is 71.8 cm³/mol. The van der Waals surface area contributed by atoms with Gasteiger partial charge in [-0.25, -0.2) is 10.8 Å². The Morgan fingerprint density at radius 3 is 3.11 bits per heavy atom. The lowest BCUT2D eigenvalue weighted by Crippen LogP contribution is -2.22. The Morgan fingerprint density at radius 2 is 2.33 bits per heavy atom. The van der Waals surface area contributed by atoms with E-state index >= 15 is 0 Å². The van der Waals surface area contributed by atoms with Crippen molar-refractivity contribution in [3.63, 3.8) is 0 Å². The fourth-order valence-electron chi connectivity index (χ4n) is 2.41. The van der Waals surface area contributed by atoms with Gasteiger partial charge in [0.1, 0.15) is 0 Å². The first kappa shape index (κ1) is 11.4. The van der Waals surface area contributed by atoms with Gasteiger partial charge in [0.25, 0.3) is 5.56 Å². The van der Waals surface area contributed by atoms with Gasteiger partial charge >= 0.3 is 0 Å². The first-order chi connectivity index (χ1) is 8.78. The van der Waals surface area contributed by atoms with Gasteiger partial charge in [-0.15, -0.1) is 0 Å². The normalized spacial score (nSPS) is 13.6. The van der Waals surface area contributed by atoms with Crippen LogP contribution in [0, 0.1) is 0 Å². The molecule has 0 amide bonds. The highest BCUT2D eigenvalue weighted by Crippen LogP contribution is 2.22. The number of nitrogens with zero attached hydrogens (tertiary/aromatic N) is 2. The third-order valence-corrected chi connectivity index (χ3v) is 4.15. The van der Waals surface area contributed by atoms with Gasteiger partial charge in [-0.1, -0.05) is 17.4 Å². The number of nitrogen functional groups attached to an aromatic ring is 1. The van der Waals surface area contributed by atoms with Gasteiger partial charge in [0, 0.05) is 22.8 Å². The Balaban J connectivity index is 1.97. The van der Waals surface area contributed by atoms with Crippen LogP contribution in [0.25, 0.3) is 0 Å². The van der Waals surface area contributed by atoms with E-state index in [9.17, 15) is 4.79 Å². The summed E-state index contributed by atoms with van der Waals surface area (Å²) in [5, 5.41) is 0.672. The number of anilines is 1. The number of rotatable bonds is 3. The average molecular weight is 262 g/mol. The highest BCUT2D eigenvalue weighted by atomic mass is 32.1. The SMILES string of the molecule is NNc1ncc(Cn2c3c(ccc2=O)CCC3)s1. The Labute approximate surface area is 108 Å². The van der Waals surface area contributed by atoms with Crippen LogP contribution in [0.2, 0.25) is 0 Å². The third-order valence-electron chi connectivity index (χ3n) is 3.24. The number of nitrogens with two attached hydrogens (primary N) is 1. The molecule has 0 spiro atoms. The highest BCUT2D eigenvalue weighted by molar-refractivity contribution is 7.15. The van der Waals surface area contributed by atoms with Gasteiger partial charge in [0.05, 0.1) is 6.54 Å². The molecule has 0 aromatic carbocycles. The lowest BCUT2D eigenvalue weighted by molar-refractivity contribution is 0.714. The molecular weight excluding hydrogens is 248 g/mol. The van der Waals surface area contributed by atoms with Crippen LogP contribution in [-0.4, -0.2) is 9.55 Å². The maximum absolute atomic E-state index is 12.0. The molecule has 1 aliphatic carbocycles. The maximum Gasteiger partial charge on any atom is 0.251 e.